The smallest absolute Gasteiger partial charge is 0.206 e. The van der Waals surface area contributed by atoms with Gasteiger partial charge >= 0.3 is 0 Å². The van der Waals surface area contributed by atoms with E-state index in [1.807, 2.05) is 23.1 Å². The molecule has 1 fully saturated rings. The van der Waals surface area contributed by atoms with Gasteiger partial charge in [0.15, 0.2) is 4.34 Å². The fraction of sp³-hybridized carbons (Fsp3) is 0.625. The number of nitrogens with one attached hydrogen (secondary N) is 1. The zero-order valence-corrected chi connectivity index (χ0v) is 16.0. The first-order valence-corrected chi connectivity index (χ1v) is 10.9. The predicted molar refractivity (Wildman–Crippen MR) is 102 cm³/mol. The van der Waals surface area contributed by atoms with Crippen LogP contribution >= 0.6 is 34.4 Å². The molecule has 1 N–H and O–H groups in total. The molecule has 23 heavy (non-hydrogen) atoms. The molecule has 1 saturated heterocycles. The van der Waals surface area contributed by atoms with Gasteiger partial charge in [0, 0.05) is 23.2 Å². The predicted octanol–water partition coefficient (Wildman–Crippen LogP) is 4.22. The number of piperidine rings is 1. The van der Waals surface area contributed by atoms with Crippen LogP contribution in [0.25, 0.3) is 0 Å². The van der Waals surface area contributed by atoms with Crippen LogP contribution in [0.4, 0.5) is 5.13 Å². The van der Waals surface area contributed by atoms with Gasteiger partial charge in [-0.25, -0.2) is 0 Å². The van der Waals surface area contributed by atoms with Crippen LogP contribution in [0.1, 0.15) is 30.6 Å². The second-order valence-electron chi connectivity index (χ2n) is 5.90. The van der Waals surface area contributed by atoms with E-state index in [4.69, 9.17) is 0 Å². The van der Waals surface area contributed by atoms with E-state index in [9.17, 15) is 0 Å². The lowest BCUT2D eigenvalue weighted by Gasteiger charge is -2.32. The third-order valence-corrected chi connectivity index (χ3v) is 7.22. The van der Waals surface area contributed by atoms with Gasteiger partial charge < -0.3 is 10.2 Å². The van der Waals surface area contributed by atoms with E-state index in [2.05, 4.69) is 45.0 Å². The Morgan fingerprint density at radius 1 is 1.39 bits per heavy atom. The van der Waals surface area contributed by atoms with Crippen molar-refractivity contribution in [3.63, 3.8) is 0 Å². The molecular weight excluding hydrogens is 344 g/mol. The van der Waals surface area contributed by atoms with Crippen molar-refractivity contribution in [3.8, 4) is 0 Å². The van der Waals surface area contributed by atoms with Gasteiger partial charge in [-0.2, -0.15) is 0 Å². The van der Waals surface area contributed by atoms with Crippen molar-refractivity contribution in [1.29, 1.82) is 0 Å². The molecule has 0 unspecified atom stereocenters. The zero-order valence-electron chi connectivity index (χ0n) is 13.5. The van der Waals surface area contributed by atoms with Crippen LogP contribution in [0.15, 0.2) is 21.9 Å². The minimum Gasteiger partial charge on any atom is -0.360 e. The second-order valence-corrected chi connectivity index (χ2v) is 9.25. The number of nitrogens with zero attached hydrogens (tertiary/aromatic N) is 3. The molecule has 3 heterocycles. The highest BCUT2D eigenvalue weighted by atomic mass is 32.2. The molecule has 126 valence electrons. The van der Waals surface area contributed by atoms with Gasteiger partial charge in [-0.15, -0.1) is 21.5 Å². The van der Waals surface area contributed by atoms with Crippen molar-refractivity contribution in [2.45, 2.75) is 42.5 Å². The molecule has 0 radical (unpaired) electrons. The van der Waals surface area contributed by atoms with E-state index < -0.39 is 0 Å². The Kier molecular flexibility index (Phi) is 6.74. The van der Waals surface area contributed by atoms with Crippen molar-refractivity contribution in [2.75, 3.05) is 31.2 Å². The first kappa shape index (κ1) is 17.2. The van der Waals surface area contributed by atoms with Crippen LogP contribution in [0.2, 0.25) is 0 Å². The molecule has 4 nitrogen and oxygen atoms in total. The van der Waals surface area contributed by atoms with Gasteiger partial charge in [-0.3, -0.25) is 0 Å². The average molecular weight is 369 g/mol. The standard InChI is InChI=1S/C16H24N4S3/c1-20-10-3-2-5-13(20)8-12-22-16-19-18-15(23-16)17-9-7-14-6-4-11-21-14/h4,6,11,13H,2-3,5,7-10,12H2,1H3,(H,17,18)/t13-/m1/s1. The highest BCUT2D eigenvalue weighted by Crippen LogP contribution is 2.28. The quantitative estimate of drug-likeness (QED) is 0.707. The minimum absolute atomic E-state index is 0.757. The molecule has 0 aromatic carbocycles. The van der Waals surface area contributed by atoms with E-state index in [1.54, 1.807) is 11.3 Å². The summed E-state index contributed by atoms with van der Waals surface area (Å²) in [6, 6.07) is 5.03. The second kappa shape index (κ2) is 9.01. The maximum atomic E-state index is 4.29. The maximum Gasteiger partial charge on any atom is 0.206 e. The summed E-state index contributed by atoms with van der Waals surface area (Å²) in [7, 11) is 2.26. The minimum atomic E-state index is 0.757. The number of rotatable bonds is 8. The van der Waals surface area contributed by atoms with Gasteiger partial charge in [0.2, 0.25) is 5.13 Å². The van der Waals surface area contributed by atoms with Crippen molar-refractivity contribution < 1.29 is 0 Å². The lowest BCUT2D eigenvalue weighted by molar-refractivity contribution is 0.182. The molecule has 1 atom stereocenters. The number of thioether (sulfide) groups is 1. The van der Waals surface area contributed by atoms with E-state index in [1.165, 1.54) is 37.1 Å². The van der Waals surface area contributed by atoms with Crippen LogP contribution in [-0.4, -0.2) is 47.0 Å². The maximum absolute atomic E-state index is 4.29. The van der Waals surface area contributed by atoms with Crippen molar-refractivity contribution >= 4 is 39.6 Å². The SMILES string of the molecule is CN1CCCC[C@@H]1CCSc1nnc(NCCc2cccs2)s1. The summed E-state index contributed by atoms with van der Waals surface area (Å²) in [5.74, 6) is 1.14. The van der Waals surface area contributed by atoms with E-state index in [-0.39, 0.29) is 0 Å². The molecule has 3 rings (SSSR count). The number of hydrogen-bond acceptors (Lipinski definition) is 7. The molecule has 0 bridgehead atoms. The summed E-state index contributed by atoms with van der Waals surface area (Å²) in [6.45, 7) is 2.18. The monoisotopic (exact) mass is 368 g/mol. The average Bonchev–Trinajstić information content (AvgIpc) is 3.21. The van der Waals surface area contributed by atoms with Crippen molar-refractivity contribution in [2.24, 2.45) is 0 Å². The molecular formula is C16H24N4S3. The number of hydrogen-bond donors (Lipinski definition) is 1. The van der Waals surface area contributed by atoms with Crippen LogP contribution in [0.3, 0.4) is 0 Å². The zero-order chi connectivity index (χ0) is 15.9. The Hall–Kier alpha value is -0.630. The largest absolute Gasteiger partial charge is 0.360 e. The normalized spacial score (nSPS) is 19.1. The molecule has 0 amide bonds. The molecule has 1 aliphatic heterocycles. The molecule has 7 heteroatoms. The Morgan fingerprint density at radius 3 is 3.17 bits per heavy atom. The first-order chi connectivity index (χ1) is 11.3. The number of thiophene rings is 1. The summed E-state index contributed by atoms with van der Waals surface area (Å²) >= 11 is 5.33. The van der Waals surface area contributed by atoms with Crippen molar-refractivity contribution in [1.82, 2.24) is 15.1 Å². The van der Waals surface area contributed by atoms with Crippen LogP contribution < -0.4 is 5.32 Å². The number of aromatic nitrogens is 2. The van der Waals surface area contributed by atoms with E-state index >= 15 is 0 Å². The summed E-state index contributed by atoms with van der Waals surface area (Å²) in [6.07, 6.45) is 6.40. The Bertz CT molecular complexity index is 570. The third-order valence-electron chi connectivity index (χ3n) is 4.23. The highest BCUT2D eigenvalue weighted by molar-refractivity contribution is 8.01. The fourth-order valence-electron chi connectivity index (χ4n) is 2.88. The van der Waals surface area contributed by atoms with Gasteiger partial charge in [-0.1, -0.05) is 35.6 Å². The fourth-order valence-corrected chi connectivity index (χ4v) is 5.48. The summed E-state index contributed by atoms with van der Waals surface area (Å²) in [4.78, 5) is 3.93. The molecule has 0 spiro atoms. The van der Waals surface area contributed by atoms with Gasteiger partial charge in [0.1, 0.15) is 0 Å². The molecule has 2 aromatic rings. The van der Waals surface area contributed by atoms with Crippen LogP contribution in [0.5, 0.6) is 0 Å². The highest BCUT2D eigenvalue weighted by Gasteiger charge is 2.18. The summed E-state index contributed by atoms with van der Waals surface area (Å²) in [5.41, 5.74) is 0. The molecule has 2 aromatic heterocycles. The Balaban J connectivity index is 1.35. The number of likely N-dealkylation sites (tertiary alicyclic amines) is 1. The molecule has 1 aliphatic rings. The van der Waals surface area contributed by atoms with Crippen LogP contribution in [0, 0.1) is 0 Å². The summed E-state index contributed by atoms with van der Waals surface area (Å²) < 4.78 is 1.09. The molecule has 0 saturated carbocycles. The molecule has 0 aliphatic carbocycles. The van der Waals surface area contributed by atoms with Gasteiger partial charge in [0.25, 0.3) is 0 Å². The van der Waals surface area contributed by atoms with Gasteiger partial charge in [-0.05, 0) is 50.7 Å². The van der Waals surface area contributed by atoms with E-state index in [0.29, 0.717) is 0 Å². The van der Waals surface area contributed by atoms with Gasteiger partial charge in [0.05, 0.1) is 0 Å². The number of anilines is 1. The van der Waals surface area contributed by atoms with E-state index in [0.717, 1.165) is 34.2 Å². The first-order valence-electron chi connectivity index (χ1n) is 8.24. The lowest BCUT2D eigenvalue weighted by atomic mass is 10.0. The topological polar surface area (TPSA) is 41.1 Å². The lowest BCUT2D eigenvalue weighted by Crippen LogP contribution is -2.36. The van der Waals surface area contributed by atoms with Crippen molar-refractivity contribution in [3.05, 3.63) is 22.4 Å². The Morgan fingerprint density at radius 2 is 2.35 bits per heavy atom. The third kappa shape index (κ3) is 5.45. The Labute approximate surface area is 150 Å². The summed E-state index contributed by atoms with van der Waals surface area (Å²) in [5, 5.41) is 15.0. The van der Waals surface area contributed by atoms with Crippen LogP contribution in [-0.2, 0) is 6.42 Å².